The van der Waals surface area contributed by atoms with Crippen LogP contribution in [0.3, 0.4) is 0 Å². The van der Waals surface area contributed by atoms with Crippen LogP contribution >= 0.6 is 39.1 Å². The summed E-state index contributed by atoms with van der Waals surface area (Å²) in [5.74, 6) is -0.299. The van der Waals surface area contributed by atoms with Crippen LogP contribution < -0.4 is 10.2 Å². The largest absolute Gasteiger partial charge is 0.326 e. The van der Waals surface area contributed by atoms with E-state index in [9.17, 15) is 9.59 Å². The molecule has 0 saturated carbocycles. The van der Waals surface area contributed by atoms with E-state index in [1.54, 1.807) is 29.2 Å². The van der Waals surface area contributed by atoms with Gasteiger partial charge in [-0.2, -0.15) is 0 Å². The van der Waals surface area contributed by atoms with E-state index in [1.807, 2.05) is 0 Å². The van der Waals surface area contributed by atoms with Gasteiger partial charge in [0.25, 0.3) is 5.91 Å². The molecule has 1 fully saturated rings. The molecule has 7 heteroatoms. The van der Waals surface area contributed by atoms with Gasteiger partial charge in [0.2, 0.25) is 5.91 Å². The zero-order valence-electron chi connectivity index (χ0n) is 12.7. The van der Waals surface area contributed by atoms with Gasteiger partial charge in [0.1, 0.15) is 0 Å². The standard InChI is InChI=1S/C16H19BrCl2N2O2/c17-10-2-1-4-14(22)20-12-5-7-13(8-6-12)21-11-3-9-16(18,19)15(21)23/h5-8H,1-4,9-11H2,(H,20,22). The first-order valence-corrected chi connectivity index (χ1v) is 9.47. The number of rotatable bonds is 6. The number of nitrogens with one attached hydrogen (secondary N) is 1. The van der Waals surface area contributed by atoms with E-state index < -0.39 is 4.33 Å². The summed E-state index contributed by atoms with van der Waals surface area (Å²) in [7, 11) is 0. The van der Waals surface area contributed by atoms with E-state index >= 15 is 0 Å². The van der Waals surface area contributed by atoms with Crippen molar-refractivity contribution < 1.29 is 9.59 Å². The molecule has 1 aromatic rings. The van der Waals surface area contributed by atoms with Crippen LogP contribution in [-0.4, -0.2) is 28.0 Å². The van der Waals surface area contributed by atoms with Crippen LogP contribution in [0.1, 0.15) is 32.1 Å². The Morgan fingerprint density at radius 1 is 1.26 bits per heavy atom. The average molecular weight is 422 g/mol. The van der Waals surface area contributed by atoms with Gasteiger partial charge in [0.05, 0.1) is 0 Å². The Hall–Kier alpha value is -0.780. The Labute approximate surface area is 154 Å². The summed E-state index contributed by atoms with van der Waals surface area (Å²) in [6, 6.07) is 7.15. The van der Waals surface area contributed by atoms with E-state index in [1.165, 1.54) is 0 Å². The molecule has 0 unspecified atom stereocenters. The highest BCUT2D eigenvalue weighted by molar-refractivity contribution is 9.09. The summed E-state index contributed by atoms with van der Waals surface area (Å²) in [5.41, 5.74) is 1.45. The minimum atomic E-state index is -1.35. The number of benzene rings is 1. The maximum Gasteiger partial charge on any atom is 0.263 e. The molecule has 0 spiro atoms. The summed E-state index contributed by atoms with van der Waals surface area (Å²) in [5, 5.41) is 3.75. The molecule has 1 N–H and O–H groups in total. The van der Waals surface area contributed by atoms with Crippen molar-refractivity contribution in [2.24, 2.45) is 0 Å². The Morgan fingerprint density at radius 3 is 2.61 bits per heavy atom. The number of unbranched alkanes of at least 4 members (excludes halogenated alkanes) is 1. The summed E-state index contributed by atoms with van der Waals surface area (Å²) < 4.78 is -1.35. The van der Waals surface area contributed by atoms with Crippen LogP contribution in [0.25, 0.3) is 0 Å². The molecule has 0 radical (unpaired) electrons. The molecule has 2 rings (SSSR count). The van der Waals surface area contributed by atoms with E-state index in [4.69, 9.17) is 23.2 Å². The molecule has 1 aliphatic rings. The molecular formula is C16H19BrCl2N2O2. The number of hydrogen-bond donors (Lipinski definition) is 1. The number of alkyl halides is 3. The molecule has 126 valence electrons. The topological polar surface area (TPSA) is 49.4 Å². The van der Waals surface area contributed by atoms with Crippen LogP contribution in [0.2, 0.25) is 0 Å². The fourth-order valence-corrected chi connectivity index (χ4v) is 3.31. The lowest BCUT2D eigenvalue weighted by atomic mass is 10.1. The number of hydrogen-bond acceptors (Lipinski definition) is 2. The van der Waals surface area contributed by atoms with Crippen molar-refractivity contribution in [3.63, 3.8) is 0 Å². The molecule has 2 amide bonds. The minimum absolute atomic E-state index is 0.00622. The van der Waals surface area contributed by atoms with Crippen LogP contribution in [-0.2, 0) is 9.59 Å². The van der Waals surface area contributed by atoms with Crippen molar-refractivity contribution in [3.8, 4) is 0 Å². The van der Waals surface area contributed by atoms with E-state index in [-0.39, 0.29) is 11.8 Å². The lowest BCUT2D eigenvalue weighted by molar-refractivity contribution is -0.120. The molecule has 1 saturated heterocycles. The maximum absolute atomic E-state index is 12.2. The molecule has 1 aromatic carbocycles. The van der Waals surface area contributed by atoms with Crippen molar-refractivity contribution in [1.82, 2.24) is 0 Å². The lowest BCUT2D eigenvalue weighted by Crippen LogP contribution is -2.47. The van der Waals surface area contributed by atoms with Crippen molar-refractivity contribution in [3.05, 3.63) is 24.3 Å². The van der Waals surface area contributed by atoms with Gasteiger partial charge >= 0.3 is 0 Å². The zero-order chi connectivity index (χ0) is 16.9. The average Bonchev–Trinajstić information content (AvgIpc) is 2.51. The van der Waals surface area contributed by atoms with Crippen molar-refractivity contribution in [2.75, 3.05) is 22.1 Å². The third kappa shape index (κ3) is 5.10. The van der Waals surface area contributed by atoms with Gasteiger partial charge in [-0.25, -0.2) is 0 Å². The van der Waals surface area contributed by atoms with Gasteiger partial charge in [0, 0.05) is 29.7 Å². The number of nitrogens with zero attached hydrogens (tertiary/aromatic N) is 1. The fraction of sp³-hybridized carbons (Fsp3) is 0.500. The Bertz CT molecular complexity index is 564. The number of anilines is 2. The first kappa shape index (κ1) is 18.6. The maximum atomic E-state index is 12.2. The predicted octanol–water partition coefficient (Wildman–Crippen LogP) is 4.49. The SMILES string of the molecule is O=C(CCCCBr)Nc1ccc(N2CCCC(Cl)(Cl)C2=O)cc1. The third-order valence-electron chi connectivity index (χ3n) is 3.68. The lowest BCUT2D eigenvalue weighted by Gasteiger charge is -2.34. The van der Waals surface area contributed by atoms with Gasteiger partial charge in [-0.15, -0.1) is 0 Å². The molecule has 0 aromatic heterocycles. The first-order valence-electron chi connectivity index (χ1n) is 7.60. The second-order valence-electron chi connectivity index (χ2n) is 5.51. The summed E-state index contributed by atoms with van der Waals surface area (Å²) in [6.45, 7) is 0.596. The van der Waals surface area contributed by atoms with Gasteiger partial charge < -0.3 is 10.2 Å². The van der Waals surface area contributed by atoms with E-state index in [2.05, 4.69) is 21.2 Å². The monoisotopic (exact) mass is 420 g/mol. The Morgan fingerprint density at radius 2 is 1.96 bits per heavy atom. The number of halogens is 3. The summed E-state index contributed by atoms with van der Waals surface area (Å²) >= 11 is 15.4. The molecule has 23 heavy (non-hydrogen) atoms. The van der Waals surface area contributed by atoms with Crippen molar-refractivity contribution in [1.29, 1.82) is 0 Å². The second kappa shape index (κ2) is 8.36. The molecule has 1 aliphatic heterocycles. The molecule has 0 aliphatic carbocycles. The van der Waals surface area contributed by atoms with E-state index in [0.29, 0.717) is 25.1 Å². The van der Waals surface area contributed by atoms with Gasteiger partial charge in [-0.05, 0) is 49.9 Å². The normalized spacial score (nSPS) is 17.2. The van der Waals surface area contributed by atoms with Crippen LogP contribution in [0.4, 0.5) is 11.4 Å². The highest BCUT2D eigenvalue weighted by atomic mass is 79.9. The van der Waals surface area contributed by atoms with Crippen LogP contribution in [0, 0.1) is 0 Å². The molecule has 1 heterocycles. The second-order valence-corrected chi connectivity index (χ2v) is 7.78. The highest BCUT2D eigenvalue weighted by Gasteiger charge is 2.41. The number of carbonyl (C=O) groups excluding carboxylic acids is 2. The summed E-state index contributed by atoms with van der Waals surface area (Å²) in [4.78, 5) is 25.6. The molecular weight excluding hydrogens is 403 g/mol. The minimum Gasteiger partial charge on any atom is -0.326 e. The number of carbonyl (C=O) groups is 2. The Kier molecular flexibility index (Phi) is 6.74. The third-order valence-corrected chi connectivity index (χ3v) is 4.94. The highest BCUT2D eigenvalue weighted by Crippen LogP contribution is 2.35. The zero-order valence-corrected chi connectivity index (χ0v) is 15.8. The Balaban J connectivity index is 1.97. The van der Waals surface area contributed by atoms with Gasteiger partial charge in [0.15, 0.2) is 4.33 Å². The molecule has 0 atom stereocenters. The fourth-order valence-electron chi connectivity index (χ4n) is 2.44. The predicted molar refractivity (Wildman–Crippen MR) is 98.7 cm³/mol. The van der Waals surface area contributed by atoms with Crippen LogP contribution in [0.15, 0.2) is 24.3 Å². The first-order chi connectivity index (χ1) is 10.9. The van der Waals surface area contributed by atoms with Gasteiger partial charge in [-0.1, -0.05) is 39.1 Å². The van der Waals surface area contributed by atoms with Crippen molar-refractivity contribution in [2.45, 2.75) is 36.4 Å². The van der Waals surface area contributed by atoms with E-state index in [0.717, 1.165) is 30.3 Å². The van der Waals surface area contributed by atoms with Gasteiger partial charge in [-0.3, -0.25) is 9.59 Å². The quantitative estimate of drug-likeness (QED) is 0.543. The summed E-state index contributed by atoms with van der Waals surface area (Å²) in [6.07, 6.45) is 3.55. The van der Waals surface area contributed by atoms with Crippen LogP contribution in [0.5, 0.6) is 0 Å². The number of piperidine rings is 1. The molecule has 4 nitrogen and oxygen atoms in total. The smallest absolute Gasteiger partial charge is 0.263 e. The number of amides is 2. The molecule has 0 bridgehead atoms. The van der Waals surface area contributed by atoms with Crippen molar-refractivity contribution >= 4 is 62.3 Å².